The van der Waals surface area contributed by atoms with Crippen LogP contribution in [-0.4, -0.2) is 24.5 Å². The van der Waals surface area contributed by atoms with Crippen molar-refractivity contribution in [2.75, 3.05) is 13.7 Å². The highest BCUT2D eigenvalue weighted by atomic mass is 35.5. The second-order valence-corrected chi connectivity index (χ2v) is 3.32. The summed E-state index contributed by atoms with van der Waals surface area (Å²) in [5, 5.41) is 0.540. The maximum Gasteiger partial charge on any atom is 0.181 e. The molecule has 1 aromatic heterocycles. The van der Waals surface area contributed by atoms with Crippen LogP contribution >= 0.6 is 11.6 Å². The van der Waals surface area contributed by atoms with Gasteiger partial charge < -0.3 is 4.74 Å². The Kier molecular flexibility index (Phi) is 4.56. The monoisotopic (exact) mass is 213 g/mol. The normalized spacial score (nSPS) is 10.1. The first-order valence-electron chi connectivity index (χ1n) is 4.37. The number of aromatic nitrogens is 1. The van der Waals surface area contributed by atoms with E-state index in [1.54, 1.807) is 19.2 Å². The van der Waals surface area contributed by atoms with Gasteiger partial charge in [-0.05, 0) is 18.6 Å². The third-order valence-electron chi connectivity index (χ3n) is 1.77. The molecule has 1 aromatic rings. The lowest BCUT2D eigenvalue weighted by Gasteiger charge is -1.99. The Morgan fingerprint density at radius 1 is 1.57 bits per heavy atom. The second kappa shape index (κ2) is 5.73. The molecule has 0 N–H and O–H groups in total. The number of pyridine rings is 1. The molecule has 14 heavy (non-hydrogen) atoms. The van der Waals surface area contributed by atoms with Crippen molar-refractivity contribution in [1.29, 1.82) is 0 Å². The molecule has 1 rings (SSSR count). The highest BCUT2D eigenvalue weighted by Crippen LogP contribution is 2.08. The standard InChI is InChI=1S/C10H12ClNO2/c1-14-6-2-3-10(13)9-5-4-8(11)7-12-9/h4-5,7H,2-3,6H2,1H3. The maximum atomic E-state index is 11.5. The molecular weight excluding hydrogens is 202 g/mol. The van der Waals surface area contributed by atoms with Crippen LogP contribution in [0.3, 0.4) is 0 Å². The molecule has 0 aliphatic heterocycles. The zero-order chi connectivity index (χ0) is 10.4. The molecule has 0 amide bonds. The van der Waals surface area contributed by atoms with Gasteiger partial charge in [0.05, 0.1) is 5.02 Å². The number of hydrogen-bond donors (Lipinski definition) is 0. The zero-order valence-corrected chi connectivity index (χ0v) is 8.75. The van der Waals surface area contributed by atoms with Crippen molar-refractivity contribution in [3.8, 4) is 0 Å². The van der Waals surface area contributed by atoms with Crippen LogP contribution in [0.2, 0.25) is 5.02 Å². The van der Waals surface area contributed by atoms with Gasteiger partial charge >= 0.3 is 0 Å². The van der Waals surface area contributed by atoms with E-state index in [0.717, 1.165) is 6.42 Å². The smallest absolute Gasteiger partial charge is 0.181 e. The van der Waals surface area contributed by atoms with E-state index in [1.807, 2.05) is 0 Å². The summed E-state index contributed by atoms with van der Waals surface area (Å²) in [6, 6.07) is 3.30. The quantitative estimate of drug-likeness (QED) is 0.557. The first kappa shape index (κ1) is 11.1. The van der Waals surface area contributed by atoms with Crippen molar-refractivity contribution >= 4 is 17.4 Å². The van der Waals surface area contributed by atoms with E-state index in [9.17, 15) is 4.79 Å². The van der Waals surface area contributed by atoms with E-state index in [4.69, 9.17) is 16.3 Å². The third kappa shape index (κ3) is 3.44. The number of nitrogens with zero attached hydrogens (tertiary/aromatic N) is 1. The number of rotatable bonds is 5. The minimum atomic E-state index is 0.0266. The fraction of sp³-hybridized carbons (Fsp3) is 0.400. The lowest BCUT2D eigenvalue weighted by molar-refractivity contribution is 0.0958. The lowest BCUT2D eigenvalue weighted by atomic mass is 10.1. The van der Waals surface area contributed by atoms with E-state index in [0.29, 0.717) is 23.7 Å². The molecule has 0 aliphatic rings. The van der Waals surface area contributed by atoms with Gasteiger partial charge in [0, 0.05) is 26.3 Å². The molecule has 3 nitrogen and oxygen atoms in total. The van der Waals surface area contributed by atoms with E-state index in [1.165, 1.54) is 6.20 Å². The average molecular weight is 214 g/mol. The number of hydrogen-bond acceptors (Lipinski definition) is 3. The van der Waals surface area contributed by atoms with Crippen LogP contribution in [0.15, 0.2) is 18.3 Å². The Labute approximate surface area is 88.1 Å². The molecule has 0 radical (unpaired) electrons. The third-order valence-corrected chi connectivity index (χ3v) is 1.99. The van der Waals surface area contributed by atoms with E-state index in [2.05, 4.69) is 4.98 Å². The number of Topliss-reactive ketones (excluding diaryl/α,β-unsaturated/α-hetero) is 1. The van der Waals surface area contributed by atoms with E-state index >= 15 is 0 Å². The Hall–Kier alpha value is -0.930. The fourth-order valence-electron chi connectivity index (χ4n) is 1.05. The van der Waals surface area contributed by atoms with Gasteiger partial charge in [0.15, 0.2) is 5.78 Å². The van der Waals surface area contributed by atoms with Crippen LogP contribution in [0.25, 0.3) is 0 Å². The zero-order valence-electron chi connectivity index (χ0n) is 8.00. The number of carbonyl (C=O) groups is 1. The van der Waals surface area contributed by atoms with Gasteiger partial charge in [0.1, 0.15) is 5.69 Å². The Morgan fingerprint density at radius 3 is 2.93 bits per heavy atom. The molecule has 76 valence electrons. The summed E-state index contributed by atoms with van der Waals surface area (Å²) in [7, 11) is 1.62. The molecule has 0 atom stereocenters. The van der Waals surface area contributed by atoms with Crippen LogP contribution < -0.4 is 0 Å². The summed E-state index contributed by atoms with van der Waals surface area (Å²) in [5.41, 5.74) is 0.463. The minimum absolute atomic E-state index is 0.0266. The van der Waals surface area contributed by atoms with Crippen LogP contribution in [0.4, 0.5) is 0 Å². The summed E-state index contributed by atoms with van der Waals surface area (Å²) < 4.78 is 4.85. The molecular formula is C10H12ClNO2. The van der Waals surface area contributed by atoms with Crippen LogP contribution in [0.1, 0.15) is 23.3 Å². The highest BCUT2D eigenvalue weighted by Gasteiger charge is 2.06. The molecule has 0 fully saturated rings. The van der Waals surface area contributed by atoms with Crippen molar-refractivity contribution in [2.45, 2.75) is 12.8 Å². The van der Waals surface area contributed by atoms with Gasteiger partial charge in [-0.15, -0.1) is 0 Å². The highest BCUT2D eigenvalue weighted by molar-refractivity contribution is 6.30. The van der Waals surface area contributed by atoms with Crippen molar-refractivity contribution in [3.05, 3.63) is 29.0 Å². The summed E-state index contributed by atoms with van der Waals surface area (Å²) in [4.78, 5) is 15.4. The first-order valence-corrected chi connectivity index (χ1v) is 4.75. The molecule has 0 spiro atoms. The van der Waals surface area contributed by atoms with E-state index < -0.39 is 0 Å². The van der Waals surface area contributed by atoms with Gasteiger partial charge in [-0.3, -0.25) is 9.78 Å². The summed E-state index contributed by atoms with van der Waals surface area (Å²) in [5.74, 6) is 0.0266. The number of halogens is 1. The molecule has 0 saturated heterocycles. The largest absolute Gasteiger partial charge is 0.385 e. The van der Waals surface area contributed by atoms with Gasteiger partial charge in [-0.1, -0.05) is 11.6 Å². The van der Waals surface area contributed by atoms with Gasteiger partial charge in [-0.2, -0.15) is 0 Å². The number of ketones is 1. The average Bonchev–Trinajstić information content (AvgIpc) is 2.19. The molecule has 0 aliphatic carbocycles. The predicted molar refractivity (Wildman–Crippen MR) is 54.7 cm³/mol. The first-order chi connectivity index (χ1) is 6.74. The number of methoxy groups -OCH3 is 1. The van der Waals surface area contributed by atoms with Crippen molar-refractivity contribution in [2.24, 2.45) is 0 Å². The predicted octanol–water partition coefficient (Wildman–Crippen LogP) is 2.34. The Morgan fingerprint density at radius 2 is 2.36 bits per heavy atom. The lowest BCUT2D eigenvalue weighted by Crippen LogP contribution is -2.03. The SMILES string of the molecule is COCCCC(=O)c1ccc(Cl)cn1. The maximum absolute atomic E-state index is 11.5. The molecule has 0 saturated carbocycles. The van der Waals surface area contributed by atoms with Crippen LogP contribution in [-0.2, 0) is 4.74 Å². The minimum Gasteiger partial charge on any atom is -0.385 e. The molecule has 1 heterocycles. The van der Waals surface area contributed by atoms with Gasteiger partial charge in [0.2, 0.25) is 0 Å². The Bertz CT molecular complexity index is 297. The topological polar surface area (TPSA) is 39.2 Å². The molecule has 4 heteroatoms. The van der Waals surface area contributed by atoms with Crippen LogP contribution in [0, 0.1) is 0 Å². The summed E-state index contributed by atoms with van der Waals surface area (Å²) >= 11 is 5.65. The van der Waals surface area contributed by atoms with E-state index in [-0.39, 0.29) is 5.78 Å². The van der Waals surface area contributed by atoms with Crippen molar-refractivity contribution < 1.29 is 9.53 Å². The number of ether oxygens (including phenoxy) is 1. The fourth-order valence-corrected chi connectivity index (χ4v) is 1.16. The second-order valence-electron chi connectivity index (χ2n) is 2.88. The van der Waals surface area contributed by atoms with Gasteiger partial charge in [0.25, 0.3) is 0 Å². The molecule has 0 unspecified atom stereocenters. The number of carbonyl (C=O) groups excluding carboxylic acids is 1. The van der Waals surface area contributed by atoms with Crippen molar-refractivity contribution in [1.82, 2.24) is 4.98 Å². The summed E-state index contributed by atoms with van der Waals surface area (Å²) in [6.45, 7) is 0.597. The van der Waals surface area contributed by atoms with Crippen LogP contribution in [0.5, 0.6) is 0 Å². The summed E-state index contributed by atoms with van der Waals surface area (Å²) in [6.07, 6.45) is 2.66. The molecule has 0 aromatic carbocycles. The Balaban J connectivity index is 2.48. The van der Waals surface area contributed by atoms with Gasteiger partial charge in [-0.25, -0.2) is 0 Å². The van der Waals surface area contributed by atoms with Crippen molar-refractivity contribution in [3.63, 3.8) is 0 Å². The molecule has 0 bridgehead atoms.